The van der Waals surface area contributed by atoms with Crippen molar-refractivity contribution in [3.63, 3.8) is 0 Å². The highest BCUT2D eigenvalue weighted by molar-refractivity contribution is 5.78. The van der Waals surface area contributed by atoms with Gasteiger partial charge in [-0.05, 0) is 52.7 Å². The summed E-state index contributed by atoms with van der Waals surface area (Å²) in [4.78, 5) is 16.5. The summed E-state index contributed by atoms with van der Waals surface area (Å²) in [7, 11) is 6.18. The normalized spacial score (nSPS) is 19.4. The molecular formula is C14H29N3O. The molecule has 18 heavy (non-hydrogen) atoms. The minimum atomic E-state index is 0.0952. The third kappa shape index (κ3) is 3.45. The zero-order valence-corrected chi connectivity index (χ0v) is 12.4. The molecule has 0 aromatic rings. The Kier molecular flexibility index (Phi) is 5.60. The van der Waals surface area contributed by atoms with Gasteiger partial charge in [0.1, 0.15) is 0 Å². The summed E-state index contributed by atoms with van der Waals surface area (Å²) < 4.78 is 0. The topological polar surface area (TPSA) is 49.6 Å². The number of hydrogen-bond donors (Lipinski definition) is 1. The maximum absolute atomic E-state index is 12.3. The number of rotatable bonds is 7. The predicted molar refractivity (Wildman–Crippen MR) is 75.4 cm³/mol. The maximum Gasteiger partial charge on any atom is 0.225 e. The Balaban J connectivity index is 2.48. The number of hydrogen-bond acceptors (Lipinski definition) is 3. The lowest BCUT2D eigenvalue weighted by Crippen LogP contribution is -2.57. The van der Waals surface area contributed by atoms with Gasteiger partial charge in [0.2, 0.25) is 5.91 Å². The van der Waals surface area contributed by atoms with Gasteiger partial charge in [0.25, 0.3) is 0 Å². The molecule has 4 nitrogen and oxygen atoms in total. The minimum Gasteiger partial charge on any atom is -0.344 e. The molecule has 0 bridgehead atoms. The molecule has 1 aliphatic rings. The molecule has 1 aliphatic carbocycles. The van der Waals surface area contributed by atoms with Crippen molar-refractivity contribution in [3.05, 3.63) is 0 Å². The Morgan fingerprint density at radius 3 is 2.33 bits per heavy atom. The fourth-order valence-corrected chi connectivity index (χ4v) is 2.77. The molecule has 0 saturated heterocycles. The van der Waals surface area contributed by atoms with Crippen molar-refractivity contribution in [3.8, 4) is 0 Å². The Hall–Kier alpha value is -0.610. The molecule has 4 heteroatoms. The quantitative estimate of drug-likeness (QED) is 0.746. The van der Waals surface area contributed by atoms with Crippen molar-refractivity contribution in [2.24, 2.45) is 11.7 Å². The lowest BCUT2D eigenvalue weighted by atomic mass is 9.75. The van der Waals surface area contributed by atoms with Crippen LogP contribution in [-0.4, -0.2) is 55.5 Å². The molecule has 1 fully saturated rings. The molecule has 1 atom stereocenters. The fraction of sp³-hybridized carbons (Fsp3) is 0.929. The highest BCUT2D eigenvalue weighted by atomic mass is 16.2. The van der Waals surface area contributed by atoms with Crippen molar-refractivity contribution in [2.75, 3.05) is 34.2 Å². The summed E-state index contributed by atoms with van der Waals surface area (Å²) in [6.45, 7) is 3.53. The second-order valence-corrected chi connectivity index (χ2v) is 6.00. The van der Waals surface area contributed by atoms with E-state index in [4.69, 9.17) is 5.73 Å². The number of carbonyl (C=O) groups is 1. The number of nitrogens with zero attached hydrogens (tertiary/aromatic N) is 2. The average Bonchev–Trinajstić information content (AvgIpc) is 2.28. The summed E-state index contributed by atoms with van der Waals surface area (Å²) in [6.07, 6.45) is 5.51. The number of amides is 1. The molecule has 2 N–H and O–H groups in total. The third-order valence-electron chi connectivity index (χ3n) is 4.40. The van der Waals surface area contributed by atoms with E-state index in [1.807, 2.05) is 18.9 Å². The summed E-state index contributed by atoms with van der Waals surface area (Å²) in [5.41, 5.74) is 5.71. The molecule has 0 aliphatic heterocycles. The molecule has 1 unspecified atom stereocenters. The van der Waals surface area contributed by atoms with E-state index in [1.54, 1.807) is 0 Å². The van der Waals surface area contributed by atoms with Gasteiger partial charge in [0.15, 0.2) is 0 Å². The van der Waals surface area contributed by atoms with Gasteiger partial charge in [-0.25, -0.2) is 0 Å². The van der Waals surface area contributed by atoms with Crippen molar-refractivity contribution >= 4 is 5.91 Å². The Labute approximate surface area is 111 Å². The van der Waals surface area contributed by atoms with Crippen LogP contribution in [0.5, 0.6) is 0 Å². The lowest BCUT2D eigenvalue weighted by molar-refractivity contribution is -0.136. The average molecular weight is 255 g/mol. The highest BCUT2D eigenvalue weighted by Crippen LogP contribution is 2.36. The summed E-state index contributed by atoms with van der Waals surface area (Å²) in [5.74, 6) is 0.356. The van der Waals surface area contributed by atoms with E-state index in [0.29, 0.717) is 6.54 Å². The molecular weight excluding hydrogens is 226 g/mol. The van der Waals surface area contributed by atoms with E-state index < -0.39 is 0 Å². The van der Waals surface area contributed by atoms with E-state index in [1.165, 1.54) is 19.3 Å². The van der Waals surface area contributed by atoms with Crippen molar-refractivity contribution < 1.29 is 4.79 Å². The van der Waals surface area contributed by atoms with Gasteiger partial charge >= 0.3 is 0 Å². The summed E-state index contributed by atoms with van der Waals surface area (Å²) in [5, 5.41) is 0. The van der Waals surface area contributed by atoms with Gasteiger partial charge in [0, 0.05) is 25.0 Å². The van der Waals surface area contributed by atoms with Crippen molar-refractivity contribution in [1.29, 1.82) is 0 Å². The molecule has 0 spiro atoms. The first-order valence-corrected chi connectivity index (χ1v) is 7.05. The first-order valence-electron chi connectivity index (χ1n) is 7.05. The van der Waals surface area contributed by atoms with Gasteiger partial charge in [-0.2, -0.15) is 0 Å². The van der Waals surface area contributed by atoms with Crippen LogP contribution in [-0.2, 0) is 4.79 Å². The number of likely N-dealkylation sites (N-methyl/N-ethyl adjacent to an activating group) is 2. The van der Waals surface area contributed by atoms with Crippen LogP contribution < -0.4 is 5.73 Å². The smallest absolute Gasteiger partial charge is 0.225 e. The SMILES string of the molecule is CC(CCCN)C(=O)N(C)CC1(N(C)C)CCC1. The largest absolute Gasteiger partial charge is 0.344 e. The maximum atomic E-state index is 12.3. The zero-order valence-electron chi connectivity index (χ0n) is 12.4. The first-order chi connectivity index (χ1) is 8.43. The van der Waals surface area contributed by atoms with E-state index in [0.717, 1.165) is 19.4 Å². The Bertz CT molecular complexity index is 274. The van der Waals surface area contributed by atoms with Gasteiger partial charge < -0.3 is 15.5 Å². The second kappa shape index (κ2) is 6.53. The molecule has 1 amide bonds. The zero-order chi connectivity index (χ0) is 13.8. The Morgan fingerprint density at radius 2 is 1.94 bits per heavy atom. The molecule has 1 saturated carbocycles. The van der Waals surface area contributed by atoms with Gasteiger partial charge in [-0.3, -0.25) is 4.79 Å². The van der Waals surface area contributed by atoms with Crippen LogP contribution in [0.25, 0.3) is 0 Å². The lowest BCUT2D eigenvalue weighted by Gasteiger charge is -2.49. The standard InChI is InChI=1S/C14H29N3O/c1-12(7-5-10-15)13(18)17(4)11-14(16(2)3)8-6-9-14/h12H,5-11,15H2,1-4H3. The molecule has 106 valence electrons. The van der Waals surface area contributed by atoms with Crippen LogP contribution in [0.2, 0.25) is 0 Å². The van der Waals surface area contributed by atoms with E-state index in [-0.39, 0.29) is 17.4 Å². The van der Waals surface area contributed by atoms with E-state index in [9.17, 15) is 4.79 Å². The van der Waals surface area contributed by atoms with Crippen LogP contribution in [0, 0.1) is 5.92 Å². The van der Waals surface area contributed by atoms with Crippen LogP contribution in [0.15, 0.2) is 0 Å². The second-order valence-electron chi connectivity index (χ2n) is 6.00. The van der Waals surface area contributed by atoms with Gasteiger partial charge in [-0.1, -0.05) is 6.92 Å². The molecule has 0 aromatic carbocycles. The molecule has 1 rings (SSSR count). The summed E-state index contributed by atoms with van der Waals surface area (Å²) >= 11 is 0. The van der Waals surface area contributed by atoms with Gasteiger partial charge in [0.05, 0.1) is 0 Å². The number of nitrogens with two attached hydrogens (primary N) is 1. The summed E-state index contributed by atoms with van der Waals surface area (Å²) in [6, 6.07) is 0. The van der Waals surface area contributed by atoms with E-state index >= 15 is 0 Å². The molecule has 0 aromatic heterocycles. The van der Waals surface area contributed by atoms with Crippen molar-refractivity contribution in [2.45, 2.75) is 44.6 Å². The van der Waals surface area contributed by atoms with Gasteiger partial charge in [-0.15, -0.1) is 0 Å². The number of carbonyl (C=O) groups excluding carboxylic acids is 1. The first kappa shape index (κ1) is 15.4. The minimum absolute atomic E-state index is 0.0952. The third-order valence-corrected chi connectivity index (χ3v) is 4.40. The fourth-order valence-electron chi connectivity index (χ4n) is 2.77. The monoisotopic (exact) mass is 255 g/mol. The molecule has 0 radical (unpaired) electrons. The predicted octanol–water partition coefficient (Wildman–Crippen LogP) is 1.30. The van der Waals surface area contributed by atoms with E-state index in [2.05, 4.69) is 19.0 Å². The van der Waals surface area contributed by atoms with Crippen LogP contribution in [0.4, 0.5) is 0 Å². The highest BCUT2D eigenvalue weighted by Gasteiger charge is 2.40. The van der Waals surface area contributed by atoms with Crippen LogP contribution in [0.3, 0.4) is 0 Å². The molecule has 0 heterocycles. The van der Waals surface area contributed by atoms with Crippen molar-refractivity contribution in [1.82, 2.24) is 9.80 Å². The van der Waals surface area contributed by atoms with Crippen LogP contribution >= 0.6 is 0 Å². The Morgan fingerprint density at radius 1 is 1.33 bits per heavy atom. The van der Waals surface area contributed by atoms with Crippen LogP contribution in [0.1, 0.15) is 39.0 Å².